The number of nitrogens with zero attached hydrogens (tertiary/aromatic N) is 1. The number of Topliss-reactive ketones (excluding diaryl/α,β-unsaturated/α-hetero) is 2. The first-order valence-electron chi connectivity index (χ1n) is 7.09. The number of carbonyl (C=O) groups excluding carboxylic acids is 2. The lowest BCUT2D eigenvalue weighted by atomic mass is 9.94. The molecule has 1 heterocycles. The van der Waals surface area contributed by atoms with Gasteiger partial charge in [-0.2, -0.15) is 0 Å². The topological polar surface area (TPSA) is 37.4 Å². The van der Waals surface area contributed by atoms with Crippen molar-refractivity contribution < 1.29 is 14.0 Å². The average molecular weight is 277 g/mol. The highest BCUT2D eigenvalue weighted by Crippen LogP contribution is 2.16. The molecular weight excluding hydrogens is 257 g/mol. The summed E-state index contributed by atoms with van der Waals surface area (Å²) in [6, 6.07) is 6.02. The van der Waals surface area contributed by atoms with Crippen molar-refractivity contribution in [1.82, 2.24) is 4.90 Å². The Hall–Kier alpha value is -1.55. The maximum absolute atomic E-state index is 12.8. The molecule has 1 aromatic rings. The van der Waals surface area contributed by atoms with Gasteiger partial charge in [-0.15, -0.1) is 0 Å². The van der Waals surface area contributed by atoms with Crippen molar-refractivity contribution in [3.05, 3.63) is 35.6 Å². The summed E-state index contributed by atoms with van der Waals surface area (Å²) in [5.74, 6) is 0.208. The van der Waals surface area contributed by atoms with Gasteiger partial charge in [-0.1, -0.05) is 19.1 Å². The fraction of sp³-hybridized carbons (Fsp3) is 0.500. The number of benzene rings is 1. The molecular formula is C16H20FNO2. The standard InChI is InChI=1S/C16H20FNO2/c1-2-13-10-18(8-7-16(13)20)11-15(19)9-12-3-5-14(17)6-4-12/h3-6,13H,2,7-11H2,1H3. The number of likely N-dealkylation sites (tertiary alicyclic amines) is 1. The van der Waals surface area contributed by atoms with Crippen LogP contribution in [0.2, 0.25) is 0 Å². The van der Waals surface area contributed by atoms with E-state index in [2.05, 4.69) is 4.90 Å². The Morgan fingerprint density at radius 3 is 2.70 bits per heavy atom. The molecule has 1 unspecified atom stereocenters. The fourth-order valence-corrected chi connectivity index (χ4v) is 2.61. The molecule has 1 fully saturated rings. The molecule has 108 valence electrons. The summed E-state index contributed by atoms with van der Waals surface area (Å²) in [6.45, 7) is 3.74. The van der Waals surface area contributed by atoms with Crippen LogP contribution >= 0.6 is 0 Å². The van der Waals surface area contributed by atoms with E-state index in [1.165, 1.54) is 12.1 Å². The second kappa shape index (κ2) is 6.75. The summed E-state index contributed by atoms with van der Waals surface area (Å²) >= 11 is 0. The van der Waals surface area contributed by atoms with E-state index in [1.54, 1.807) is 12.1 Å². The Labute approximate surface area is 118 Å². The SMILES string of the molecule is CCC1CN(CC(=O)Cc2ccc(F)cc2)CCC1=O. The molecule has 2 rings (SSSR count). The van der Waals surface area contributed by atoms with Gasteiger partial charge in [0.25, 0.3) is 0 Å². The number of hydrogen-bond donors (Lipinski definition) is 0. The first-order valence-corrected chi connectivity index (χ1v) is 7.09. The highest BCUT2D eigenvalue weighted by molar-refractivity contribution is 5.84. The quantitative estimate of drug-likeness (QED) is 0.828. The van der Waals surface area contributed by atoms with E-state index >= 15 is 0 Å². The molecule has 1 aliphatic heterocycles. The smallest absolute Gasteiger partial charge is 0.151 e. The Bertz CT molecular complexity index is 484. The summed E-state index contributed by atoms with van der Waals surface area (Å²) in [4.78, 5) is 25.7. The van der Waals surface area contributed by atoms with E-state index in [-0.39, 0.29) is 17.5 Å². The lowest BCUT2D eigenvalue weighted by Gasteiger charge is -2.30. The van der Waals surface area contributed by atoms with Crippen LogP contribution in [0, 0.1) is 11.7 Å². The van der Waals surface area contributed by atoms with E-state index in [1.807, 2.05) is 6.92 Å². The second-order valence-electron chi connectivity index (χ2n) is 5.40. The van der Waals surface area contributed by atoms with Crippen LogP contribution in [0.1, 0.15) is 25.3 Å². The molecule has 0 aliphatic carbocycles. The van der Waals surface area contributed by atoms with Crippen molar-refractivity contribution in [3.63, 3.8) is 0 Å². The molecule has 0 spiro atoms. The van der Waals surface area contributed by atoms with Crippen molar-refractivity contribution in [3.8, 4) is 0 Å². The Morgan fingerprint density at radius 2 is 2.05 bits per heavy atom. The van der Waals surface area contributed by atoms with Crippen molar-refractivity contribution in [2.24, 2.45) is 5.92 Å². The number of hydrogen-bond acceptors (Lipinski definition) is 3. The number of rotatable bonds is 5. The molecule has 1 aliphatic rings. The molecule has 4 heteroatoms. The van der Waals surface area contributed by atoms with Gasteiger partial charge >= 0.3 is 0 Å². The van der Waals surface area contributed by atoms with Crippen LogP contribution in [0.15, 0.2) is 24.3 Å². The molecule has 20 heavy (non-hydrogen) atoms. The van der Waals surface area contributed by atoms with E-state index in [9.17, 15) is 14.0 Å². The predicted octanol–water partition coefficient (Wildman–Crippen LogP) is 2.24. The highest BCUT2D eigenvalue weighted by atomic mass is 19.1. The van der Waals surface area contributed by atoms with Gasteiger partial charge in [0.05, 0.1) is 6.54 Å². The Balaban J connectivity index is 1.85. The van der Waals surface area contributed by atoms with Crippen LogP contribution in [0.5, 0.6) is 0 Å². The molecule has 1 saturated heterocycles. The minimum atomic E-state index is -0.290. The van der Waals surface area contributed by atoms with E-state index in [0.717, 1.165) is 12.0 Å². The first-order chi connectivity index (χ1) is 9.58. The predicted molar refractivity (Wildman–Crippen MR) is 75.0 cm³/mol. The number of carbonyl (C=O) groups is 2. The molecule has 0 radical (unpaired) electrons. The molecule has 0 N–H and O–H groups in total. The van der Waals surface area contributed by atoms with Gasteiger partial charge in [0.2, 0.25) is 0 Å². The summed E-state index contributed by atoms with van der Waals surface area (Å²) in [7, 11) is 0. The van der Waals surface area contributed by atoms with Gasteiger partial charge in [-0.05, 0) is 24.1 Å². The van der Waals surface area contributed by atoms with Crippen LogP contribution < -0.4 is 0 Å². The lowest BCUT2D eigenvalue weighted by molar-refractivity contribution is -0.128. The van der Waals surface area contributed by atoms with Gasteiger partial charge in [-0.25, -0.2) is 4.39 Å². The molecule has 3 nitrogen and oxygen atoms in total. The first kappa shape index (κ1) is 14.9. The van der Waals surface area contributed by atoms with Crippen molar-refractivity contribution >= 4 is 11.6 Å². The van der Waals surface area contributed by atoms with Crippen LogP contribution in [0.3, 0.4) is 0 Å². The molecule has 1 aromatic carbocycles. The third kappa shape index (κ3) is 3.97. The zero-order chi connectivity index (χ0) is 14.5. The lowest BCUT2D eigenvalue weighted by Crippen LogP contribution is -2.43. The van der Waals surface area contributed by atoms with Crippen LogP contribution in [0.25, 0.3) is 0 Å². The van der Waals surface area contributed by atoms with Gasteiger partial charge in [0.1, 0.15) is 11.6 Å². The van der Waals surface area contributed by atoms with Crippen LogP contribution in [-0.2, 0) is 16.0 Å². The van der Waals surface area contributed by atoms with Crippen molar-refractivity contribution in [2.75, 3.05) is 19.6 Å². The minimum Gasteiger partial charge on any atom is -0.299 e. The Morgan fingerprint density at radius 1 is 1.35 bits per heavy atom. The summed E-state index contributed by atoms with van der Waals surface area (Å²) in [5, 5.41) is 0. The molecule has 0 amide bonds. The van der Waals surface area contributed by atoms with E-state index in [4.69, 9.17) is 0 Å². The largest absolute Gasteiger partial charge is 0.299 e. The maximum atomic E-state index is 12.8. The number of halogens is 1. The summed E-state index contributed by atoms with van der Waals surface area (Å²) in [6.07, 6.45) is 1.70. The molecule has 1 atom stereocenters. The van der Waals surface area contributed by atoms with Gasteiger partial charge in [-0.3, -0.25) is 14.5 Å². The van der Waals surface area contributed by atoms with Crippen LogP contribution in [0.4, 0.5) is 4.39 Å². The highest BCUT2D eigenvalue weighted by Gasteiger charge is 2.26. The third-order valence-corrected chi connectivity index (χ3v) is 3.82. The zero-order valence-electron chi connectivity index (χ0n) is 11.8. The monoisotopic (exact) mass is 277 g/mol. The average Bonchev–Trinajstić information content (AvgIpc) is 2.43. The van der Waals surface area contributed by atoms with Gasteiger partial charge in [0.15, 0.2) is 5.78 Å². The Kier molecular flexibility index (Phi) is 5.01. The van der Waals surface area contributed by atoms with Crippen LogP contribution in [-0.4, -0.2) is 36.1 Å². The summed E-state index contributed by atoms with van der Waals surface area (Å²) < 4.78 is 12.8. The minimum absolute atomic E-state index is 0.0716. The normalized spacial score (nSPS) is 20.1. The molecule has 0 saturated carbocycles. The van der Waals surface area contributed by atoms with Crippen molar-refractivity contribution in [1.29, 1.82) is 0 Å². The van der Waals surface area contributed by atoms with E-state index < -0.39 is 0 Å². The third-order valence-electron chi connectivity index (χ3n) is 3.82. The molecule has 0 bridgehead atoms. The van der Waals surface area contributed by atoms with E-state index in [0.29, 0.717) is 38.3 Å². The second-order valence-corrected chi connectivity index (χ2v) is 5.40. The summed E-state index contributed by atoms with van der Waals surface area (Å²) in [5.41, 5.74) is 0.830. The molecule has 0 aromatic heterocycles. The zero-order valence-corrected chi connectivity index (χ0v) is 11.8. The van der Waals surface area contributed by atoms with Gasteiger partial charge < -0.3 is 0 Å². The van der Waals surface area contributed by atoms with Gasteiger partial charge in [0, 0.05) is 31.8 Å². The number of ketones is 2. The fourth-order valence-electron chi connectivity index (χ4n) is 2.61. The van der Waals surface area contributed by atoms with Crippen molar-refractivity contribution in [2.45, 2.75) is 26.2 Å². The number of piperidine rings is 1. The maximum Gasteiger partial charge on any atom is 0.151 e.